The Morgan fingerprint density at radius 1 is 1.29 bits per heavy atom. The second-order valence-electron chi connectivity index (χ2n) is 8.92. The van der Waals surface area contributed by atoms with Gasteiger partial charge in [0.1, 0.15) is 11.9 Å². The fourth-order valence-electron chi connectivity index (χ4n) is 4.30. The van der Waals surface area contributed by atoms with Crippen molar-refractivity contribution < 1.29 is 28.9 Å². The van der Waals surface area contributed by atoms with Crippen LogP contribution in [0.4, 0.5) is 10.1 Å². The predicted octanol–water partition coefficient (Wildman–Crippen LogP) is 3.73. The van der Waals surface area contributed by atoms with Crippen LogP contribution in [-0.2, 0) is 14.3 Å². The van der Waals surface area contributed by atoms with E-state index in [0.29, 0.717) is 24.8 Å². The standard InChI is InChI=1S/C24H30FNO5/c1-4-22(29)26-21-9-14(5-8-20(21)25)18-11-16(28)13-24(2,3)19(18)7-6-17-10-15(27)12-23(30)31-17/h5-9,15-17,27-28H,4,10-13H2,1-3H3,(H,26,29)/t15-,16?,17-/m1/s1. The highest BCUT2D eigenvalue weighted by molar-refractivity contribution is 5.91. The van der Waals surface area contributed by atoms with E-state index in [-0.39, 0.29) is 29.9 Å². The number of cyclic esters (lactones) is 1. The first kappa shape index (κ1) is 23.2. The fraction of sp³-hybridized carbons (Fsp3) is 0.500. The zero-order valence-electron chi connectivity index (χ0n) is 18.2. The molecular formula is C24H30FNO5. The molecule has 0 aromatic heterocycles. The number of carbonyl (C=O) groups excluding carboxylic acids is 2. The van der Waals surface area contributed by atoms with Gasteiger partial charge in [-0.05, 0) is 53.2 Å². The molecular weight excluding hydrogens is 401 g/mol. The number of hydrogen-bond donors (Lipinski definition) is 3. The molecule has 1 aliphatic carbocycles. The molecule has 1 aromatic rings. The number of anilines is 1. The number of aliphatic hydroxyl groups is 2. The summed E-state index contributed by atoms with van der Waals surface area (Å²) in [5, 5.41) is 22.9. The van der Waals surface area contributed by atoms with Crippen LogP contribution in [0.1, 0.15) is 58.4 Å². The van der Waals surface area contributed by atoms with Crippen LogP contribution in [0.25, 0.3) is 5.57 Å². The van der Waals surface area contributed by atoms with Gasteiger partial charge in [0.05, 0.1) is 24.3 Å². The van der Waals surface area contributed by atoms with Gasteiger partial charge in [0.25, 0.3) is 0 Å². The maximum atomic E-state index is 14.3. The Hall–Kier alpha value is -2.51. The summed E-state index contributed by atoms with van der Waals surface area (Å²) in [7, 11) is 0. The molecule has 31 heavy (non-hydrogen) atoms. The highest BCUT2D eigenvalue weighted by Crippen LogP contribution is 2.45. The summed E-state index contributed by atoms with van der Waals surface area (Å²) in [6.45, 7) is 5.72. The molecule has 2 aliphatic rings. The third kappa shape index (κ3) is 5.60. The highest BCUT2D eigenvalue weighted by atomic mass is 19.1. The third-order valence-corrected chi connectivity index (χ3v) is 5.82. The van der Waals surface area contributed by atoms with Crippen molar-refractivity contribution in [3.05, 3.63) is 47.3 Å². The summed E-state index contributed by atoms with van der Waals surface area (Å²) in [6, 6.07) is 4.53. The van der Waals surface area contributed by atoms with Gasteiger partial charge >= 0.3 is 5.97 Å². The van der Waals surface area contributed by atoms with Gasteiger partial charge in [0.2, 0.25) is 5.91 Å². The van der Waals surface area contributed by atoms with Gasteiger partial charge in [-0.15, -0.1) is 0 Å². The van der Waals surface area contributed by atoms with E-state index in [1.54, 1.807) is 25.1 Å². The van der Waals surface area contributed by atoms with Gasteiger partial charge in [-0.3, -0.25) is 9.59 Å². The molecule has 1 amide bonds. The fourth-order valence-corrected chi connectivity index (χ4v) is 4.30. The average molecular weight is 432 g/mol. The zero-order valence-corrected chi connectivity index (χ0v) is 18.2. The quantitative estimate of drug-likeness (QED) is 0.618. The Balaban J connectivity index is 2.01. The molecule has 1 heterocycles. The van der Waals surface area contributed by atoms with Crippen molar-refractivity contribution in [2.45, 2.75) is 71.2 Å². The van der Waals surface area contributed by atoms with Gasteiger partial charge < -0.3 is 20.3 Å². The van der Waals surface area contributed by atoms with E-state index in [0.717, 1.165) is 11.1 Å². The number of carbonyl (C=O) groups is 2. The van der Waals surface area contributed by atoms with Crippen molar-refractivity contribution in [2.75, 3.05) is 5.32 Å². The number of rotatable bonds is 5. The minimum atomic E-state index is -0.729. The summed E-state index contributed by atoms with van der Waals surface area (Å²) in [4.78, 5) is 23.4. The topological polar surface area (TPSA) is 95.9 Å². The lowest BCUT2D eigenvalue weighted by Gasteiger charge is -2.37. The van der Waals surface area contributed by atoms with E-state index in [1.807, 2.05) is 19.9 Å². The maximum Gasteiger partial charge on any atom is 0.309 e. The molecule has 1 aromatic carbocycles. The van der Waals surface area contributed by atoms with E-state index in [1.165, 1.54) is 6.07 Å². The van der Waals surface area contributed by atoms with Gasteiger partial charge in [0.15, 0.2) is 0 Å². The molecule has 6 nitrogen and oxygen atoms in total. The van der Waals surface area contributed by atoms with Crippen LogP contribution < -0.4 is 5.32 Å². The van der Waals surface area contributed by atoms with Crippen molar-refractivity contribution in [1.82, 2.24) is 0 Å². The lowest BCUT2D eigenvalue weighted by atomic mass is 9.69. The molecule has 0 saturated carbocycles. The van der Waals surface area contributed by atoms with Crippen molar-refractivity contribution in [3.63, 3.8) is 0 Å². The summed E-state index contributed by atoms with van der Waals surface area (Å²) >= 11 is 0. The SMILES string of the molecule is CCC(=O)Nc1cc(C2=C(C=C[C@@H]3C[C@@H](O)CC(=O)O3)C(C)(C)CC(O)C2)ccc1F. The molecule has 1 fully saturated rings. The first-order chi connectivity index (χ1) is 14.6. The van der Waals surface area contributed by atoms with Crippen LogP contribution >= 0.6 is 0 Å². The van der Waals surface area contributed by atoms with E-state index in [9.17, 15) is 24.2 Å². The van der Waals surface area contributed by atoms with Gasteiger partial charge in [0, 0.05) is 12.8 Å². The average Bonchev–Trinajstić information content (AvgIpc) is 2.67. The minimum absolute atomic E-state index is 0.00217. The number of amides is 1. The minimum Gasteiger partial charge on any atom is -0.458 e. The van der Waals surface area contributed by atoms with Gasteiger partial charge in [-0.2, -0.15) is 0 Å². The third-order valence-electron chi connectivity index (χ3n) is 5.82. The Morgan fingerprint density at radius 3 is 2.71 bits per heavy atom. The van der Waals surface area contributed by atoms with Crippen LogP contribution in [-0.4, -0.2) is 40.4 Å². The van der Waals surface area contributed by atoms with E-state index in [4.69, 9.17) is 4.74 Å². The number of aliphatic hydroxyl groups excluding tert-OH is 2. The summed E-state index contributed by atoms with van der Waals surface area (Å²) < 4.78 is 19.6. The van der Waals surface area contributed by atoms with Crippen LogP contribution in [0.5, 0.6) is 0 Å². The molecule has 1 aliphatic heterocycles. The lowest BCUT2D eigenvalue weighted by Crippen LogP contribution is -2.32. The van der Waals surface area contributed by atoms with E-state index < -0.39 is 30.1 Å². The normalized spacial score (nSPS) is 26.1. The zero-order chi connectivity index (χ0) is 22.8. The second kappa shape index (κ2) is 9.32. The smallest absolute Gasteiger partial charge is 0.309 e. The lowest BCUT2D eigenvalue weighted by molar-refractivity contribution is -0.156. The van der Waals surface area contributed by atoms with Crippen LogP contribution in [0.3, 0.4) is 0 Å². The molecule has 1 saturated heterocycles. The Kier molecular flexibility index (Phi) is 6.96. The van der Waals surface area contributed by atoms with Gasteiger partial charge in [-0.25, -0.2) is 4.39 Å². The number of halogens is 1. The van der Waals surface area contributed by atoms with Crippen LogP contribution in [0.2, 0.25) is 0 Å². The van der Waals surface area contributed by atoms with E-state index in [2.05, 4.69) is 5.32 Å². The summed E-state index contributed by atoms with van der Waals surface area (Å²) in [5.74, 6) is -1.25. The van der Waals surface area contributed by atoms with Gasteiger partial charge in [-0.1, -0.05) is 32.9 Å². The Labute approximate surface area is 181 Å². The predicted molar refractivity (Wildman–Crippen MR) is 116 cm³/mol. The molecule has 3 rings (SSSR count). The molecule has 0 radical (unpaired) electrons. The number of ether oxygens (including phenoxy) is 1. The molecule has 3 N–H and O–H groups in total. The molecule has 7 heteroatoms. The first-order valence-corrected chi connectivity index (χ1v) is 10.7. The molecule has 168 valence electrons. The van der Waals surface area contributed by atoms with Crippen LogP contribution in [0, 0.1) is 11.2 Å². The monoisotopic (exact) mass is 431 g/mol. The molecule has 3 atom stereocenters. The van der Waals surface area contributed by atoms with Crippen molar-refractivity contribution in [3.8, 4) is 0 Å². The van der Waals surface area contributed by atoms with E-state index >= 15 is 0 Å². The number of esters is 1. The van der Waals surface area contributed by atoms with Crippen molar-refractivity contribution in [1.29, 1.82) is 0 Å². The van der Waals surface area contributed by atoms with Crippen molar-refractivity contribution in [2.24, 2.45) is 5.41 Å². The van der Waals surface area contributed by atoms with Crippen molar-refractivity contribution >= 4 is 23.1 Å². The second-order valence-corrected chi connectivity index (χ2v) is 8.92. The maximum absolute atomic E-state index is 14.3. The number of benzene rings is 1. The molecule has 1 unspecified atom stereocenters. The summed E-state index contributed by atoms with van der Waals surface area (Å²) in [5.41, 5.74) is 2.20. The number of hydrogen-bond acceptors (Lipinski definition) is 5. The largest absolute Gasteiger partial charge is 0.458 e. The number of allylic oxidation sites excluding steroid dienone is 2. The number of nitrogens with one attached hydrogen (secondary N) is 1. The Bertz CT molecular complexity index is 921. The molecule has 0 spiro atoms. The first-order valence-electron chi connectivity index (χ1n) is 10.7. The highest BCUT2D eigenvalue weighted by Gasteiger charge is 2.34. The Morgan fingerprint density at radius 2 is 2.03 bits per heavy atom. The summed E-state index contributed by atoms with van der Waals surface area (Å²) in [6.07, 6.45) is 3.31. The molecule has 0 bridgehead atoms. The van der Waals surface area contributed by atoms with Crippen LogP contribution in [0.15, 0.2) is 35.9 Å².